The number of hydrogen-bond acceptors (Lipinski definition) is 4. The highest BCUT2D eigenvalue weighted by Gasteiger charge is 2.26. The van der Waals surface area contributed by atoms with Crippen molar-refractivity contribution in [2.75, 3.05) is 19.0 Å². The number of benzene rings is 2. The van der Waals surface area contributed by atoms with E-state index < -0.39 is 0 Å². The average molecular weight is 417 g/mol. The SMILES string of the molecule is COc1ccc(CNC(=O)Nc2ccc(CN3CCCC3c3ccccn3)cc2)cc1. The molecule has 2 aromatic carbocycles. The quantitative estimate of drug-likeness (QED) is 0.583. The van der Waals surface area contributed by atoms with E-state index in [0.29, 0.717) is 12.6 Å². The van der Waals surface area contributed by atoms with Gasteiger partial charge in [0.15, 0.2) is 0 Å². The van der Waals surface area contributed by atoms with E-state index in [2.05, 4.69) is 44.8 Å². The van der Waals surface area contributed by atoms with Gasteiger partial charge in [-0.2, -0.15) is 0 Å². The van der Waals surface area contributed by atoms with Crippen LogP contribution in [0.2, 0.25) is 0 Å². The lowest BCUT2D eigenvalue weighted by Gasteiger charge is -2.24. The van der Waals surface area contributed by atoms with E-state index in [4.69, 9.17) is 4.74 Å². The van der Waals surface area contributed by atoms with E-state index >= 15 is 0 Å². The molecule has 1 unspecified atom stereocenters. The van der Waals surface area contributed by atoms with E-state index in [9.17, 15) is 4.79 Å². The number of pyridine rings is 1. The number of likely N-dealkylation sites (tertiary alicyclic amines) is 1. The smallest absolute Gasteiger partial charge is 0.319 e. The second kappa shape index (κ2) is 10.1. The zero-order valence-electron chi connectivity index (χ0n) is 17.8. The van der Waals surface area contributed by atoms with Crippen molar-refractivity contribution in [2.24, 2.45) is 0 Å². The number of rotatable bonds is 7. The van der Waals surface area contributed by atoms with Gasteiger partial charge in [-0.25, -0.2) is 4.79 Å². The summed E-state index contributed by atoms with van der Waals surface area (Å²) in [5.74, 6) is 0.800. The van der Waals surface area contributed by atoms with Gasteiger partial charge >= 0.3 is 6.03 Å². The number of amides is 2. The molecule has 0 radical (unpaired) electrons. The number of hydrogen-bond donors (Lipinski definition) is 2. The van der Waals surface area contributed by atoms with Crippen molar-refractivity contribution in [1.29, 1.82) is 0 Å². The summed E-state index contributed by atoms with van der Waals surface area (Å²) in [6.07, 6.45) is 4.20. The fourth-order valence-corrected chi connectivity index (χ4v) is 3.95. The van der Waals surface area contributed by atoms with E-state index in [0.717, 1.165) is 42.2 Å². The third kappa shape index (κ3) is 5.61. The number of aromatic nitrogens is 1. The van der Waals surface area contributed by atoms with Gasteiger partial charge in [0.05, 0.1) is 18.8 Å². The molecule has 2 amide bonds. The Labute approximate surface area is 183 Å². The summed E-state index contributed by atoms with van der Waals surface area (Å²) in [5.41, 5.74) is 4.16. The van der Waals surface area contributed by atoms with Crippen molar-refractivity contribution in [3.63, 3.8) is 0 Å². The topological polar surface area (TPSA) is 66.5 Å². The molecular weight excluding hydrogens is 388 g/mol. The maximum Gasteiger partial charge on any atom is 0.319 e. The predicted octanol–water partition coefficient (Wildman–Crippen LogP) is 4.75. The molecule has 31 heavy (non-hydrogen) atoms. The highest BCUT2D eigenvalue weighted by atomic mass is 16.5. The van der Waals surface area contributed by atoms with Crippen LogP contribution < -0.4 is 15.4 Å². The summed E-state index contributed by atoms with van der Waals surface area (Å²) in [6, 6.07) is 22.0. The minimum atomic E-state index is -0.224. The van der Waals surface area contributed by atoms with Gasteiger partial charge < -0.3 is 15.4 Å². The molecule has 6 heteroatoms. The fraction of sp³-hybridized carbons (Fsp3) is 0.280. The zero-order valence-corrected chi connectivity index (χ0v) is 17.8. The Kier molecular flexibility index (Phi) is 6.79. The lowest BCUT2D eigenvalue weighted by molar-refractivity contribution is 0.244. The van der Waals surface area contributed by atoms with Gasteiger partial charge in [-0.1, -0.05) is 30.3 Å². The number of carbonyl (C=O) groups excluding carboxylic acids is 1. The normalized spacial score (nSPS) is 16.1. The number of carbonyl (C=O) groups is 1. The monoisotopic (exact) mass is 416 g/mol. The molecule has 1 fully saturated rings. The molecule has 1 atom stereocenters. The van der Waals surface area contributed by atoms with E-state index in [-0.39, 0.29) is 6.03 Å². The number of anilines is 1. The number of ether oxygens (including phenoxy) is 1. The van der Waals surface area contributed by atoms with Gasteiger partial charge in [0, 0.05) is 25.0 Å². The Bertz CT molecular complexity index is 975. The average Bonchev–Trinajstić information content (AvgIpc) is 3.28. The van der Waals surface area contributed by atoms with Gasteiger partial charge in [-0.05, 0) is 66.9 Å². The first-order valence-electron chi connectivity index (χ1n) is 10.6. The number of urea groups is 1. The van der Waals surface area contributed by atoms with Crippen molar-refractivity contribution in [1.82, 2.24) is 15.2 Å². The van der Waals surface area contributed by atoms with Crippen molar-refractivity contribution in [2.45, 2.75) is 32.0 Å². The maximum atomic E-state index is 12.2. The minimum absolute atomic E-state index is 0.224. The van der Waals surface area contributed by atoms with Gasteiger partial charge in [-0.15, -0.1) is 0 Å². The van der Waals surface area contributed by atoms with Crippen LogP contribution in [0.3, 0.4) is 0 Å². The molecule has 0 aliphatic carbocycles. The highest BCUT2D eigenvalue weighted by molar-refractivity contribution is 5.89. The van der Waals surface area contributed by atoms with Gasteiger partial charge in [-0.3, -0.25) is 9.88 Å². The molecule has 4 rings (SSSR count). The summed E-state index contributed by atoms with van der Waals surface area (Å²) >= 11 is 0. The molecular formula is C25H28N4O2. The van der Waals surface area contributed by atoms with E-state index in [1.54, 1.807) is 7.11 Å². The number of methoxy groups -OCH3 is 1. The Hall–Kier alpha value is -3.38. The van der Waals surface area contributed by atoms with Gasteiger partial charge in [0.1, 0.15) is 5.75 Å². The van der Waals surface area contributed by atoms with Crippen LogP contribution >= 0.6 is 0 Å². The first-order valence-corrected chi connectivity index (χ1v) is 10.6. The number of nitrogens with zero attached hydrogens (tertiary/aromatic N) is 2. The molecule has 1 aromatic heterocycles. The molecule has 1 aliphatic heterocycles. The molecule has 0 bridgehead atoms. The van der Waals surface area contributed by atoms with Crippen LogP contribution in [0.4, 0.5) is 10.5 Å². The summed E-state index contributed by atoms with van der Waals surface area (Å²) in [4.78, 5) is 19.2. The fourth-order valence-electron chi connectivity index (χ4n) is 3.95. The molecule has 1 saturated heterocycles. The van der Waals surface area contributed by atoms with Crippen molar-refractivity contribution >= 4 is 11.7 Å². The van der Waals surface area contributed by atoms with Gasteiger partial charge in [0.2, 0.25) is 0 Å². The zero-order chi connectivity index (χ0) is 21.5. The second-order valence-corrected chi connectivity index (χ2v) is 7.74. The summed E-state index contributed by atoms with van der Waals surface area (Å²) in [7, 11) is 1.63. The van der Waals surface area contributed by atoms with E-state index in [1.165, 1.54) is 12.0 Å². The van der Waals surface area contributed by atoms with Crippen LogP contribution in [0.1, 0.15) is 35.7 Å². The van der Waals surface area contributed by atoms with Crippen LogP contribution in [0.15, 0.2) is 72.9 Å². The van der Waals surface area contributed by atoms with Crippen molar-refractivity contribution in [3.05, 3.63) is 89.7 Å². The van der Waals surface area contributed by atoms with Crippen LogP contribution in [-0.2, 0) is 13.1 Å². The second-order valence-electron chi connectivity index (χ2n) is 7.74. The molecule has 2 heterocycles. The largest absolute Gasteiger partial charge is 0.497 e. The third-order valence-electron chi connectivity index (χ3n) is 5.60. The minimum Gasteiger partial charge on any atom is -0.497 e. The molecule has 6 nitrogen and oxygen atoms in total. The summed E-state index contributed by atoms with van der Waals surface area (Å²) in [6.45, 7) is 2.41. The standard InChI is InChI=1S/C25H28N4O2/c1-31-22-13-9-19(10-14-22)17-27-25(30)28-21-11-7-20(8-12-21)18-29-16-4-6-24(29)23-5-2-3-15-26-23/h2-3,5,7-15,24H,4,6,16-18H2,1H3,(H2,27,28,30). The van der Waals surface area contributed by atoms with Crippen LogP contribution in [0, 0.1) is 0 Å². The highest BCUT2D eigenvalue weighted by Crippen LogP contribution is 2.32. The van der Waals surface area contributed by atoms with Crippen molar-refractivity contribution < 1.29 is 9.53 Å². The maximum absolute atomic E-state index is 12.2. The van der Waals surface area contributed by atoms with Crippen LogP contribution in [0.5, 0.6) is 5.75 Å². The predicted molar refractivity (Wildman–Crippen MR) is 122 cm³/mol. The molecule has 0 spiro atoms. The molecule has 2 N–H and O–H groups in total. The lowest BCUT2D eigenvalue weighted by Crippen LogP contribution is -2.28. The van der Waals surface area contributed by atoms with Gasteiger partial charge in [0.25, 0.3) is 0 Å². The first-order chi connectivity index (χ1) is 15.2. The summed E-state index contributed by atoms with van der Waals surface area (Å²) in [5, 5.41) is 5.77. The Morgan fingerprint density at radius 2 is 1.84 bits per heavy atom. The lowest BCUT2D eigenvalue weighted by atomic mass is 10.1. The Balaban J connectivity index is 1.28. The molecule has 0 saturated carbocycles. The summed E-state index contributed by atoms with van der Waals surface area (Å²) < 4.78 is 5.15. The van der Waals surface area contributed by atoms with Crippen LogP contribution in [0.25, 0.3) is 0 Å². The van der Waals surface area contributed by atoms with Crippen LogP contribution in [-0.4, -0.2) is 29.6 Å². The van der Waals surface area contributed by atoms with Crippen molar-refractivity contribution in [3.8, 4) is 5.75 Å². The molecule has 1 aliphatic rings. The molecule has 3 aromatic rings. The third-order valence-corrected chi connectivity index (χ3v) is 5.60. The Morgan fingerprint density at radius 3 is 2.55 bits per heavy atom. The first kappa shape index (κ1) is 20.9. The molecule has 160 valence electrons. The Morgan fingerprint density at radius 1 is 1.06 bits per heavy atom. The van der Waals surface area contributed by atoms with E-state index in [1.807, 2.05) is 48.7 Å². The number of nitrogens with one attached hydrogen (secondary N) is 2.